The first kappa shape index (κ1) is 14.8. The van der Waals surface area contributed by atoms with Crippen LogP contribution >= 0.6 is 11.8 Å². The quantitative estimate of drug-likeness (QED) is 0.634. The van der Waals surface area contributed by atoms with Gasteiger partial charge in [0.1, 0.15) is 0 Å². The number of hydrogen-bond donors (Lipinski definition) is 2. The molecule has 0 unspecified atom stereocenters. The number of amides is 1. The molecule has 0 aromatic carbocycles. The highest BCUT2D eigenvalue weighted by Crippen LogP contribution is 2.20. The number of rotatable bonds is 7. The Hall–Kier alpha value is -0.300. The molecule has 1 heterocycles. The second-order valence-electron chi connectivity index (χ2n) is 4.14. The predicted octanol–water partition coefficient (Wildman–Crippen LogP) is 0.0237. The van der Waals surface area contributed by atoms with E-state index >= 15 is 0 Å². The SMILES string of the molecule is COCCSCC(=O)NC1(CO)CCOCC1. The van der Waals surface area contributed by atoms with Crippen LogP contribution < -0.4 is 5.32 Å². The molecule has 1 saturated heterocycles. The average Bonchev–Trinajstić information content (AvgIpc) is 2.36. The fraction of sp³-hybridized carbons (Fsp3) is 0.909. The standard InChI is InChI=1S/C11H21NO4S/c1-15-6-7-17-8-10(14)12-11(9-13)2-4-16-5-3-11/h13H,2-9H2,1H3,(H,12,14). The summed E-state index contributed by atoms with van der Waals surface area (Å²) >= 11 is 1.53. The summed E-state index contributed by atoms with van der Waals surface area (Å²) < 4.78 is 10.1. The number of nitrogens with one attached hydrogen (secondary N) is 1. The minimum atomic E-state index is -0.475. The fourth-order valence-corrected chi connectivity index (χ4v) is 2.41. The lowest BCUT2D eigenvalue weighted by Gasteiger charge is -2.36. The van der Waals surface area contributed by atoms with Crippen LogP contribution in [0.4, 0.5) is 0 Å². The Morgan fingerprint density at radius 2 is 2.24 bits per heavy atom. The van der Waals surface area contributed by atoms with Crippen LogP contribution in [-0.2, 0) is 14.3 Å². The van der Waals surface area contributed by atoms with Gasteiger partial charge in [0, 0.05) is 26.1 Å². The number of aliphatic hydroxyl groups is 1. The van der Waals surface area contributed by atoms with Crippen molar-refractivity contribution in [2.24, 2.45) is 0 Å². The number of carbonyl (C=O) groups excluding carboxylic acids is 1. The zero-order chi connectivity index (χ0) is 12.6. The molecule has 1 fully saturated rings. The Labute approximate surface area is 106 Å². The molecule has 1 amide bonds. The van der Waals surface area contributed by atoms with Gasteiger partial charge >= 0.3 is 0 Å². The zero-order valence-electron chi connectivity index (χ0n) is 10.2. The highest BCUT2D eigenvalue weighted by atomic mass is 32.2. The summed E-state index contributed by atoms with van der Waals surface area (Å²) in [4.78, 5) is 11.7. The summed E-state index contributed by atoms with van der Waals surface area (Å²) in [6.45, 7) is 1.82. The topological polar surface area (TPSA) is 67.8 Å². The molecule has 0 aromatic heterocycles. The van der Waals surface area contributed by atoms with E-state index in [0.29, 0.717) is 38.4 Å². The van der Waals surface area contributed by atoms with Crippen LogP contribution in [0.15, 0.2) is 0 Å². The predicted molar refractivity (Wildman–Crippen MR) is 67.2 cm³/mol. The molecule has 0 spiro atoms. The van der Waals surface area contributed by atoms with Crippen molar-refractivity contribution in [1.29, 1.82) is 0 Å². The van der Waals surface area contributed by atoms with Crippen LogP contribution in [0.3, 0.4) is 0 Å². The lowest BCUT2D eigenvalue weighted by Crippen LogP contribution is -2.55. The van der Waals surface area contributed by atoms with E-state index in [9.17, 15) is 9.90 Å². The molecular weight excluding hydrogens is 242 g/mol. The van der Waals surface area contributed by atoms with Gasteiger partial charge < -0.3 is 19.9 Å². The average molecular weight is 263 g/mol. The van der Waals surface area contributed by atoms with Crippen LogP contribution in [0.25, 0.3) is 0 Å². The maximum atomic E-state index is 11.7. The van der Waals surface area contributed by atoms with Crippen LogP contribution in [0.2, 0.25) is 0 Å². The number of methoxy groups -OCH3 is 1. The van der Waals surface area contributed by atoms with Gasteiger partial charge in [-0.15, -0.1) is 11.8 Å². The first-order valence-corrected chi connectivity index (χ1v) is 6.94. The summed E-state index contributed by atoms with van der Waals surface area (Å²) in [6, 6.07) is 0. The van der Waals surface area contributed by atoms with Gasteiger partial charge in [0.2, 0.25) is 5.91 Å². The summed E-state index contributed by atoms with van der Waals surface area (Å²) in [6.07, 6.45) is 1.36. The molecule has 2 N–H and O–H groups in total. The minimum absolute atomic E-state index is 0.0230. The number of thioether (sulfide) groups is 1. The Morgan fingerprint density at radius 1 is 1.53 bits per heavy atom. The van der Waals surface area contributed by atoms with Crippen LogP contribution in [0.1, 0.15) is 12.8 Å². The van der Waals surface area contributed by atoms with Crippen molar-refractivity contribution in [3.05, 3.63) is 0 Å². The van der Waals surface area contributed by atoms with E-state index in [1.807, 2.05) is 0 Å². The summed E-state index contributed by atoms with van der Waals surface area (Å²) in [5.74, 6) is 1.19. The summed E-state index contributed by atoms with van der Waals surface area (Å²) in [5.41, 5.74) is -0.475. The Bertz CT molecular complexity index is 232. The largest absolute Gasteiger partial charge is 0.394 e. The van der Waals surface area contributed by atoms with Gasteiger partial charge in [0.05, 0.1) is 24.5 Å². The van der Waals surface area contributed by atoms with Gasteiger partial charge in [-0.3, -0.25) is 4.79 Å². The number of carbonyl (C=O) groups is 1. The van der Waals surface area contributed by atoms with Gasteiger partial charge in [-0.2, -0.15) is 0 Å². The van der Waals surface area contributed by atoms with E-state index < -0.39 is 5.54 Å². The normalized spacial score (nSPS) is 18.9. The Kier molecular flexibility index (Phi) is 6.87. The molecule has 1 rings (SSSR count). The Morgan fingerprint density at radius 3 is 2.82 bits per heavy atom. The number of ether oxygens (including phenoxy) is 2. The third kappa shape index (κ3) is 5.25. The highest BCUT2D eigenvalue weighted by molar-refractivity contribution is 7.99. The van der Waals surface area contributed by atoms with Gasteiger partial charge in [0.25, 0.3) is 0 Å². The van der Waals surface area contributed by atoms with Crippen molar-refractivity contribution in [3.63, 3.8) is 0 Å². The van der Waals surface area contributed by atoms with Gasteiger partial charge in [-0.25, -0.2) is 0 Å². The lowest BCUT2D eigenvalue weighted by atomic mass is 9.91. The van der Waals surface area contributed by atoms with Crippen molar-refractivity contribution in [3.8, 4) is 0 Å². The smallest absolute Gasteiger partial charge is 0.230 e. The molecule has 1 aliphatic rings. The molecule has 0 atom stereocenters. The molecule has 0 aliphatic carbocycles. The second kappa shape index (κ2) is 7.92. The van der Waals surface area contributed by atoms with Crippen molar-refractivity contribution >= 4 is 17.7 Å². The third-order valence-electron chi connectivity index (χ3n) is 2.82. The van der Waals surface area contributed by atoms with Crippen molar-refractivity contribution in [2.45, 2.75) is 18.4 Å². The van der Waals surface area contributed by atoms with E-state index in [0.717, 1.165) is 5.75 Å². The molecule has 17 heavy (non-hydrogen) atoms. The van der Waals surface area contributed by atoms with E-state index in [1.165, 1.54) is 11.8 Å². The summed E-state index contributed by atoms with van der Waals surface area (Å²) in [7, 11) is 1.64. The van der Waals surface area contributed by atoms with E-state index in [2.05, 4.69) is 5.32 Å². The first-order valence-electron chi connectivity index (χ1n) is 5.79. The lowest BCUT2D eigenvalue weighted by molar-refractivity contribution is -0.122. The molecule has 0 aromatic rings. The maximum absolute atomic E-state index is 11.7. The molecule has 0 radical (unpaired) electrons. The summed E-state index contributed by atoms with van der Waals surface area (Å²) in [5, 5.41) is 12.3. The zero-order valence-corrected chi connectivity index (χ0v) is 11.1. The van der Waals surface area contributed by atoms with Gasteiger partial charge in [-0.05, 0) is 12.8 Å². The molecule has 100 valence electrons. The monoisotopic (exact) mass is 263 g/mol. The molecule has 0 bridgehead atoms. The molecule has 1 aliphatic heterocycles. The van der Waals surface area contributed by atoms with Crippen molar-refractivity contribution in [2.75, 3.05) is 45.0 Å². The fourth-order valence-electron chi connectivity index (χ4n) is 1.72. The molecular formula is C11H21NO4S. The molecule has 6 heteroatoms. The van der Waals surface area contributed by atoms with E-state index in [-0.39, 0.29) is 12.5 Å². The first-order chi connectivity index (χ1) is 8.22. The van der Waals surface area contributed by atoms with Crippen LogP contribution in [0.5, 0.6) is 0 Å². The Balaban J connectivity index is 2.27. The third-order valence-corrected chi connectivity index (χ3v) is 3.74. The van der Waals surface area contributed by atoms with Crippen molar-refractivity contribution < 1.29 is 19.4 Å². The molecule has 5 nitrogen and oxygen atoms in total. The van der Waals surface area contributed by atoms with E-state index in [4.69, 9.17) is 9.47 Å². The van der Waals surface area contributed by atoms with Crippen LogP contribution in [-0.4, -0.2) is 61.6 Å². The number of aliphatic hydroxyl groups excluding tert-OH is 1. The second-order valence-corrected chi connectivity index (χ2v) is 5.25. The van der Waals surface area contributed by atoms with E-state index in [1.54, 1.807) is 7.11 Å². The highest BCUT2D eigenvalue weighted by Gasteiger charge is 2.33. The van der Waals surface area contributed by atoms with Crippen LogP contribution in [0, 0.1) is 0 Å². The minimum Gasteiger partial charge on any atom is -0.394 e. The van der Waals surface area contributed by atoms with Gasteiger partial charge in [0.15, 0.2) is 0 Å². The number of hydrogen-bond acceptors (Lipinski definition) is 5. The van der Waals surface area contributed by atoms with Crippen molar-refractivity contribution in [1.82, 2.24) is 5.32 Å². The maximum Gasteiger partial charge on any atom is 0.230 e. The van der Waals surface area contributed by atoms with Gasteiger partial charge in [-0.1, -0.05) is 0 Å². The molecule has 0 saturated carbocycles.